The van der Waals surface area contributed by atoms with Crippen LogP contribution < -0.4 is 10.1 Å². The van der Waals surface area contributed by atoms with Crippen LogP contribution in [0.3, 0.4) is 0 Å². The quantitative estimate of drug-likeness (QED) is 0.870. The summed E-state index contributed by atoms with van der Waals surface area (Å²) in [5.41, 5.74) is 0.611. The van der Waals surface area contributed by atoms with Gasteiger partial charge in [-0.1, -0.05) is 17.7 Å². The number of carbonyl (C=O) groups is 1. The highest BCUT2D eigenvalue weighted by Crippen LogP contribution is 2.29. The van der Waals surface area contributed by atoms with Gasteiger partial charge in [-0.05, 0) is 51.1 Å². The van der Waals surface area contributed by atoms with Crippen LogP contribution in [0.1, 0.15) is 18.4 Å². The third kappa shape index (κ3) is 3.85. The first-order chi connectivity index (χ1) is 12.1. The summed E-state index contributed by atoms with van der Waals surface area (Å²) in [4.78, 5) is 15.0. The summed E-state index contributed by atoms with van der Waals surface area (Å²) >= 11 is 0. The van der Waals surface area contributed by atoms with Crippen molar-refractivity contribution in [3.63, 3.8) is 0 Å². The van der Waals surface area contributed by atoms with Gasteiger partial charge in [0.25, 0.3) is 5.91 Å². The minimum atomic E-state index is -0.590. The molecule has 1 saturated heterocycles. The van der Waals surface area contributed by atoms with Crippen molar-refractivity contribution in [2.24, 2.45) is 0 Å². The van der Waals surface area contributed by atoms with Gasteiger partial charge in [0, 0.05) is 19.4 Å². The number of rotatable bonds is 6. The van der Waals surface area contributed by atoms with E-state index in [-0.39, 0.29) is 5.91 Å². The molecule has 0 saturated carbocycles. The van der Waals surface area contributed by atoms with E-state index >= 15 is 0 Å². The van der Waals surface area contributed by atoms with E-state index in [1.807, 2.05) is 55.2 Å². The summed E-state index contributed by atoms with van der Waals surface area (Å²) in [6.45, 7) is 4.70. The topological polar surface area (TPSA) is 59.4 Å². The summed E-state index contributed by atoms with van der Waals surface area (Å²) < 4.78 is 7.59. The molecule has 6 heteroatoms. The molecule has 0 unspecified atom stereocenters. The highest BCUT2D eigenvalue weighted by Gasteiger charge is 2.43. The van der Waals surface area contributed by atoms with Crippen molar-refractivity contribution in [3.05, 3.63) is 48.3 Å². The average molecular weight is 342 g/mol. The molecule has 1 amide bonds. The number of aromatic nitrogens is 2. The summed E-state index contributed by atoms with van der Waals surface area (Å²) in [6, 6.07) is 9.82. The lowest BCUT2D eigenvalue weighted by Crippen LogP contribution is -2.55. The van der Waals surface area contributed by atoms with Crippen LogP contribution in [0.5, 0.6) is 5.75 Å². The molecule has 1 N–H and O–H groups in total. The second-order valence-corrected chi connectivity index (χ2v) is 6.62. The van der Waals surface area contributed by atoms with Crippen LogP contribution in [0.4, 0.5) is 0 Å². The lowest BCUT2D eigenvalue weighted by atomic mass is 9.87. The maximum atomic E-state index is 13.2. The number of piperidine rings is 1. The molecule has 0 radical (unpaired) electrons. The Kier molecular flexibility index (Phi) is 5.38. The van der Waals surface area contributed by atoms with Gasteiger partial charge in [-0.15, -0.1) is 0 Å². The number of ether oxygens (including phenoxy) is 1. The molecule has 1 aliphatic heterocycles. The highest BCUT2D eigenvalue weighted by atomic mass is 16.5. The van der Waals surface area contributed by atoms with Crippen molar-refractivity contribution in [2.45, 2.75) is 25.3 Å². The molecule has 1 aromatic heterocycles. The van der Waals surface area contributed by atoms with Crippen LogP contribution in [0.25, 0.3) is 0 Å². The first-order valence-corrected chi connectivity index (χ1v) is 8.78. The number of hydrogen-bond donors (Lipinski definition) is 1. The van der Waals surface area contributed by atoms with E-state index < -0.39 is 5.54 Å². The number of carbonyl (C=O) groups excluding carboxylic acids is 1. The average Bonchev–Trinajstić information content (AvgIpc) is 3.18. The van der Waals surface area contributed by atoms with Crippen LogP contribution in [0.2, 0.25) is 0 Å². The fraction of sp³-hybridized carbons (Fsp3) is 0.474. The Labute approximate surface area is 148 Å². The molecule has 2 heterocycles. The number of amides is 1. The Morgan fingerprint density at radius 1 is 1.32 bits per heavy atom. The normalized spacial score (nSPS) is 16.4. The maximum absolute atomic E-state index is 13.2. The van der Waals surface area contributed by atoms with Crippen LogP contribution >= 0.6 is 0 Å². The minimum absolute atomic E-state index is 0.102. The Morgan fingerprint density at radius 2 is 2.04 bits per heavy atom. The van der Waals surface area contributed by atoms with E-state index in [0.29, 0.717) is 13.2 Å². The summed E-state index contributed by atoms with van der Waals surface area (Å²) in [5, 5.41) is 7.69. The highest BCUT2D eigenvalue weighted by molar-refractivity contribution is 5.84. The summed E-state index contributed by atoms with van der Waals surface area (Å²) in [6.07, 6.45) is 5.12. The van der Waals surface area contributed by atoms with Crippen molar-refractivity contribution >= 4 is 5.91 Å². The molecular formula is C19H26N4O2. The van der Waals surface area contributed by atoms with E-state index in [1.165, 1.54) is 5.56 Å². The predicted molar refractivity (Wildman–Crippen MR) is 96.6 cm³/mol. The zero-order valence-electron chi connectivity index (χ0n) is 14.9. The first kappa shape index (κ1) is 17.5. The van der Waals surface area contributed by atoms with Gasteiger partial charge in [-0.25, -0.2) is 0 Å². The van der Waals surface area contributed by atoms with Crippen LogP contribution in [-0.4, -0.2) is 53.9 Å². The van der Waals surface area contributed by atoms with E-state index in [2.05, 4.69) is 10.4 Å². The zero-order valence-corrected chi connectivity index (χ0v) is 14.9. The molecule has 2 aromatic rings. The van der Waals surface area contributed by atoms with Crippen molar-refractivity contribution in [3.8, 4) is 5.75 Å². The Hall–Kier alpha value is -2.34. The second kappa shape index (κ2) is 7.70. The lowest BCUT2D eigenvalue weighted by molar-refractivity contribution is -0.142. The third-order valence-corrected chi connectivity index (χ3v) is 4.83. The van der Waals surface area contributed by atoms with Gasteiger partial charge in [0.05, 0.1) is 6.54 Å². The second-order valence-electron chi connectivity index (χ2n) is 6.62. The largest absolute Gasteiger partial charge is 0.492 e. The smallest absolute Gasteiger partial charge is 0.250 e. The fourth-order valence-corrected chi connectivity index (χ4v) is 3.30. The van der Waals surface area contributed by atoms with Gasteiger partial charge in [-0.3, -0.25) is 9.48 Å². The molecule has 1 aromatic carbocycles. The number of hydrogen-bond acceptors (Lipinski definition) is 4. The van der Waals surface area contributed by atoms with E-state index in [1.54, 1.807) is 11.1 Å². The van der Waals surface area contributed by atoms with Gasteiger partial charge in [0.2, 0.25) is 0 Å². The molecule has 3 rings (SSSR count). The van der Waals surface area contributed by atoms with Gasteiger partial charge in [0.15, 0.2) is 0 Å². The van der Waals surface area contributed by atoms with Crippen LogP contribution in [0.15, 0.2) is 42.7 Å². The van der Waals surface area contributed by atoms with Gasteiger partial charge in [-0.2, -0.15) is 5.10 Å². The van der Waals surface area contributed by atoms with E-state index in [4.69, 9.17) is 4.74 Å². The van der Waals surface area contributed by atoms with Crippen molar-refractivity contribution in [2.75, 3.05) is 33.3 Å². The van der Waals surface area contributed by atoms with E-state index in [0.717, 1.165) is 31.7 Å². The molecule has 1 fully saturated rings. The van der Waals surface area contributed by atoms with Crippen molar-refractivity contribution in [1.82, 2.24) is 20.0 Å². The van der Waals surface area contributed by atoms with Crippen molar-refractivity contribution < 1.29 is 9.53 Å². The zero-order chi connectivity index (χ0) is 17.7. The minimum Gasteiger partial charge on any atom is -0.492 e. The van der Waals surface area contributed by atoms with Gasteiger partial charge in [0.1, 0.15) is 17.9 Å². The van der Waals surface area contributed by atoms with Crippen molar-refractivity contribution in [1.29, 1.82) is 0 Å². The molecule has 134 valence electrons. The number of nitrogens with zero attached hydrogens (tertiary/aromatic N) is 3. The Balaban J connectivity index is 1.62. The molecule has 0 aliphatic carbocycles. The predicted octanol–water partition coefficient (Wildman–Crippen LogP) is 1.81. The molecule has 6 nitrogen and oxygen atoms in total. The number of likely N-dealkylation sites (N-methyl/N-ethyl adjacent to an activating group) is 1. The third-order valence-electron chi connectivity index (χ3n) is 4.83. The van der Waals surface area contributed by atoms with Crippen LogP contribution in [0, 0.1) is 6.92 Å². The standard InChI is InChI=1S/C19H26N4O2/c1-16-4-6-17(7-5-16)25-15-14-22(2)18(24)19(8-11-20-12-9-19)23-13-3-10-21-23/h3-7,10,13,20H,8-9,11-12,14-15H2,1-2H3. The molecule has 0 bridgehead atoms. The van der Waals surface area contributed by atoms with Crippen LogP contribution in [-0.2, 0) is 10.3 Å². The van der Waals surface area contributed by atoms with Gasteiger partial charge < -0.3 is 15.0 Å². The number of aryl methyl sites for hydroxylation is 1. The summed E-state index contributed by atoms with van der Waals surface area (Å²) in [7, 11) is 1.84. The number of benzene rings is 1. The van der Waals surface area contributed by atoms with E-state index in [9.17, 15) is 4.79 Å². The monoisotopic (exact) mass is 342 g/mol. The summed E-state index contributed by atoms with van der Waals surface area (Å²) in [5.74, 6) is 0.931. The molecule has 1 aliphatic rings. The molecule has 0 spiro atoms. The Bertz CT molecular complexity index is 676. The Morgan fingerprint density at radius 3 is 2.68 bits per heavy atom. The fourth-order valence-electron chi connectivity index (χ4n) is 3.30. The first-order valence-electron chi connectivity index (χ1n) is 8.78. The molecule has 0 atom stereocenters. The molecule has 25 heavy (non-hydrogen) atoms. The lowest BCUT2D eigenvalue weighted by Gasteiger charge is -2.39. The SMILES string of the molecule is Cc1ccc(OCCN(C)C(=O)C2(n3cccn3)CCNCC2)cc1. The maximum Gasteiger partial charge on any atom is 0.250 e. The van der Waals surface area contributed by atoms with Gasteiger partial charge >= 0.3 is 0 Å². The molecular weight excluding hydrogens is 316 g/mol. The number of nitrogens with one attached hydrogen (secondary N) is 1.